The topological polar surface area (TPSA) is 61.4 Å². The van der Waals surface area contributed by atoms with Crippen LogP contribution >= 0.6 is 12.4 Å². The molecule has 3 rings (SSSR count). The summed E-state index contributed by atoms with van der Waals surface area (Å²) in [7, 11) is 1.69. The smallest absolute Gasteiger partial charge is 0.230 e. The molecule has 0 radical (unpaired) electrons. The number of fused-ring (bicyclic) bond motifs is 1. The van der Waals surface area contributed by atoms with Gasteiger partial charge in [0, 0.05) is 33.1 Å². The zero-order valence-corrected chi connectivity index (χ0v) is 14.9. The van der Waals surface area contributed by atoms with Gasteiger partial charge < -0.3 is 15.5 Å². The molecule has 2 N–H and O–H groups in total. The standard InChI is InChI=1S/C17H29N3O2.ClH/c1-18-15(21)10-13-5-8-20(9-6-13)16(22)17-7-3-2-4-14(17)11-19-12-17;/h13-14,19H,2-12H2,1H3,(H,18,21);1H/t14-,17+;/m0./s1. The van der Waals surface area contributed by atoms with Crippen LogP contribution in [0.3, 0.4) is 0 Å². The van der Waals surface area contributed by atoms with Crippen LogP contribution in [0.25, 0.3) is 0 Å². The van der Waals surface area contributed by atoms with Gasteiger partial charge in [-0.15, -0.1) is 12.4 Å². The first-order valence-corrected chi connectivity index (χ1v) is 8.86. The first-order chi connectivity index (χ1) is 10.7. The van der Waals surface area contributed by atoms with Crippen LogP contribution in [-0.2, 0) is 9.59 Å². The summed E-state index contributed by atoms with van der Waals surface area (Å²) in [6.45, 7) is 3.54. The lowest BCUT2D eigenvalue weighted by molar-refractivity contribution is -0.147. The van der Waals surface area contributed by atoms with E-state index in [9.17, 15) is 9.59 Å². The number of likely N-dealkylation sites (tertiary alicyclic amines) is 1. The van der Waals surface area contributed by atoms with Crippen molar-refractivity contribution in [1.82, 2.24) is 15.5 Å². The van der Waals surface area contributed by atoms with Gasteiger partial charge >= 0.3 is 0 Å². The quantitative estimate of drug-likeness (QED) is 0.817. The van der Waals surface area contributed by atoms with Gasteiger partial charge in [0.05, 0.1) is 5.41 Å². The van der Waals surface area contributed by atoms with Gasteiger partial charge in [0.2, 0.25) is 11.8 Å². The van der Waals surface area contributed by atoms with E-state index in [4.69, 9.17) is 0 Å². The van der Waals surface area contributed by atoms with Crippen LogP contribution in [0, 0.1) is 17.3 Å². The van der Waals surface area contributed by atoms with Gasteiger partial charge in [-0.05, 0) is 44.1 Å². The molecular formula is C17H30ClN3O2. The van der Waals surface area contributed by atoms with Crippen LogP contribution in [0.5, 0.6) is 0 Å². The molecule has 132 valence electrons. The molecule has 2 heterocycles. The highest BCUT2D eigenvalue weighted by atomic mass is 35.5. The Kier molecular flexibility index (Phi) is 6.32. The Morgan fingerprint density at radius 2 is 1.96 bits per heavy atom. The van der Waals surface area contributed by atoms with Crippen molar-refractivity contribution in [1.29, 1.82) is 0 Å². The van der Waals surface area contributed by atoms with Gasteiger partial charge in [-0.3, -0.25) is 9.59 Å². The predicted octanol–water partition coefficient (Wildman–Crippen LogP) is 1.56. The van der Waals surface area contributed by atoms with E-state index in [1.807, 2.05) is 0 Å². The number of carbonyl (C=O) groups excluding carboxylic acids is 2. The molecule has 23 heavy (non-hydrogen) atoms. The van der Waals surface area contributed by atoms with E-state index in [-0.39, 0.29) is 23.7 Å². The van der Waals surface area contributed by atoms with Gasteiger partial charge in [0.15, 0.2) is 0 Å². The van der Waals surface area contributed by atoms with Gasteiger partial charge in [0.1, 0.15) is 0 Å². The molecule has 0 bridgehead atoms. The minimum atomic E-state index is -0.119. The van der Waals surface area contributed by atoms with Crippen molar-refractivity contribution < 1.29 is 9.59 Å². The number of amides is 2. The molecule has 0 aromatic carbocycles. The Morgan fingerprint density at radius 1 is 1.22 bits per heavy atom. The summed E-state index contributed by atoms with van der Waals surface area (Å²) in [5, 5.41) is 6.17. The number of piperidine rings is 1. The fraction of sp³-hybridized carbons (Fsp3) is 0.882. The summed E-state index contributed by atoms with van der Waals surface area (Å²) in [4.78, 5) is 26.7. The van der Waals surface area contributed by atoms with Crippen LogP contribution in [0.4, 0.5) is 0 Å². The molecule has 1 saturated carbocycles. The lowest BCUT2D eigenvalue weighted by Gasteiger charge is -2.43. The average molecular weight is 344 g/mol. The third-order valence-corrected chi connectivity index (χ3v) is 6.12. The highest BCUT2D eigenvalue weighted by molar-refractivity contribution is 5.85. The molecule has 0 unspecified atom stereocenters. The van der Waals surface area contributed by atoms with Crippen LogP contribution in [0.2, 0.25) is 0 Å². The molecule has 1 aliphatic carbocycles. The molecule has 2 saturated heterocycles. The summed E-state index contributed by atoms with van der Waals surface area (Å²) in [5.74, 6) is 1.49. The van der Waals surface area contributed by atoms with E-state index >= 15 is 0 Å². The molecule has 6 heteroatoms. The van der Waals surface area contributed by atoms with E-state index in [1.54, 1.807) is 7.05 Å². The van der Waals surface area contributed by atoms with Crippen LogP contribution < -0.4 is 10.6 Å². The van der Waals surface area contributed by atoms with E-state index in [0.717, 1.165) is 45.4 Å². The largest absolute Gasteiger partial charge is 0.359 e. The Balaban J connectivity index is 0.00000192. The number of hydrogen-bond acceptors (Lipinski definition) is 3. The fourth-order valence-corrected chi connectivity index (χ4v) is 4.69. The van der Waals surface area contributed by atoms with Gasteiger partial charge in [-0.25, -0.2) is 0 Å². The Labute approximate surface area is 145 Å². The van der Waals surface area contributed by atoms with Gasteiger partial charge in [-0.2, -0.15) is 0 Å². The third kappa shape index (κ3) is 3.66. The zero-order chi connectivity index (χ0) is 15.6. The maximum absolute atomic E-state index is 13.1. The highest BCUT2D eigenvalue weighted by Gasteiger charge is 2.51. The van der Waals surface area contributed by atoms with E-state index in [1.165, 1.54) is 19.3 Å². The molecule has 2 atom stereocenters. The van der Waals surface area contributed by atoms with Crippen molar-refractivity contribution >= 4 is 24.2 Å². The van der Waals surface area contributed by atoms with Gasteiger partial charge in [-0.1, -0.05) is 12.8 Å². The molecule has 3 fully saturated rings. The lowest BCUT2D eigenvalue weighted by atomic mass is 9.67. The average Bonchev–Trinajstić information content (AvgIpc) is 3.00. The van der Waals surface area contributed by atoms with Crippen LogP contribution in [0.15, 0.2) is 0 Å². The first kappa shape index (κ1) is 18.5. The predicted molar refractivity (Wildman–Crippen MR) is 92.5 cm³/mol. The second-order valence-corrected chi connectivity index (χ2v) is 7.34. The highest BCUT2D eigenvalue weighted by Crippen LogP contribution is 2.45. The summed E-state index contributed by atoms with van der Waals surface area (Å²) in [5.41, 5.74) is -0.119. The maximum atomic E-state index is 13.1. The monoisotopic (exact) mass is 343 g/mol. The first-order valence-electron chi connectivity index (χ1n) is 8.86. The number of halogens is 1. The van der Waals surface area contributed by atoms with Crippen molar-refractivity contribution in [3.05, 3.63) is 0 Å². The third-order valence-electron chi connectivity index (χ3n) is 6.12. The number of rotatable bonds is 3. The Bertz CT molecular complexity index is 438. The molecule has 5 nitrogen and oxygen atoms in total. The van der Waals surface area contributed by atoms with E-state index < -0.39 is 0 Å². The molecular weight excluding hydrogens is 314 g/mol. The molecule has 3 aliphatic rings. The Hall–Kier alpha value is -0.810. The summed E-state index contributed by atoms with van der Waals surface area (Å²) >= 11 is 0. The fourth-order valence-electron chi connectivity index (χ4n) is 4.69. The number of carbonyl (C=O) groups is 2. The minimum Gasteiger partial charge on any atom is -0.359 e. The van der Waals surface area contributed by atoms with E-state index in [2.05, 4.69) is 15.5 Å². The molecule has 2 amide bonds. The summed E-state index contributed by atoms with van der Waals surface area (Å²) in [6.07, 6.45) is 7.26. The Morgan fingerprint density at radius 3 is 2.65 bits per heavy atom. The van der Waals surface area contributed by atoms with Crippen molar-refractivity contribution in [3.8, 4) is 0 Å². The van der Waals surface area contributed by atoms with Crippen molar-refractivity contribution in [2.75, 3.05) is 33.2 Å². The lowest BCUT2D eigenvalue weighted by Crippen LogP contribution is -2.52. The minimum absolute atomic E-state index is 0. The second-order valence-electron chi connectivity index (χ2n) is 7.34. The number of hydrogen-bond donors (Lipinski definition) is 2. The molecule has 0 aromatic heterocycles. The maximum Gasteiger partial charge on any atom is 0.230 e. The normalized spacial score (nSPS) is 31.2. The number of nitrogens with one attached hydrogen (secondary N) is 2. The summed E-state index contributed by atoms with van der Waals surface area (Å²) < 4.78 is 0. The van der Waals surface area contributed by atoms with Gasteiger partial charge in [0.25, 0.3) is 0 Å². The summed E-state index contributed by atoms with van der Waals surface area (Å²) in [6, 6.07) is 0. The number of nitrogens with zero attached hydrogens (tertiary/aromatic N) is 1. The zero-order valence-electron chi connectivity index (χ0n) is 14.1. The molecule has 0 spiro atoms. The van der Waals surface area contributed by atoms with Crippen molar-refractivity contribution in [2.45, 2.75) is 44.9 Å². The SMILES string of the molecule is CNC(=O)CC1CCN(C(=O)[C@@]23CCCC[C@H]2CNC3)CC1.Cl. The van der Waals surface area contributed by atoms with Crippen LogP contribution in [-0.4, -0.2) is 49.9 Å². The molecule has 0 aromatic rings. The van der Waals surface area contributed by atoms with Crippen molar-refractivity contribution in [3.63, 3.8) is 0 Å². The van der Waals surface area contributed by atoms with E-state index in [0.29, 0.717) is 24.2 Å². The molecule has 2 aliphatic heterocycles. The second kappa shape index (κ2) is 7.84. The van der Waals surface area contributed by atoms with Crippen LogP contribution in [0.1, 0.15) is 44.9 Å². The van der Waals surface area contributed by atoms with Crippen molar-refractivity contribution in [2.24, 2.45) is 17.3 Å².